The molecule has 1 aromatic carbocycles. The molecule has 1 unspecified atom stereocenters. The van der Waals surface area contributed by atoms with E-state index in [9.17, 15) is 14.4 Å². The molecular weight excluding hydrogens is 386 g/mol. The molecule has 2 heterocycles. The molecule has 0 saturated heterocycles. The zero-order valence-electron chi connectivity index (χ0n) is 15.8. The lowest BCUT2D eigenvalue weighted by Crippen LogP contribution is -2.43. The maximum atomic E-state index is 13.1. The lowest BCUT2D eigenvalue weighted by atomic mass is 9.67. The van der Waals surface area contributed by atoms with E-state index in [4.69, 9.17) is 0 Å². The van der Waals surface area contributed by atoms with Crippen LogP contribution in [-0.2, 0) is 9.59 Å². The van der Waals surface area contributed by atoms with E-state index < -0.39 is 0 Å². The largest absolute Gasteiger partial charge is 0.299 e. The Bertz CT molecular complexity index is 1140. The molecule has 1 N–H and O–H groups in total. The first-order chi connectivity index (χ1) is 14.1. The van der Waals surface area contributed by atoms with Gasteiger partial charge in [-0.25, -0.2) is 9.66 Å². The summed E-state index contributed by atoms with van der Waals surface area (Å²) >= 11 is 1.42. The minimum Gasteiger partial charge on any atom is -0.299 e. The molecule has 1 amide bonds. The van der Waals surface area contributed by atoms with Gasteiger partial charge >= 0.3 is 0 Å². The van der Waals surface area contributed by atoms with Crippen molar-refractivity contribution in [1.29, 1.82) is 0 Å². The van der Waals surface area contributed by atoms with Crippen LogP contribution in [0.4, 0.5) is 0 Å². The van der Waals surface area contributed by atoms with E-state index >= 15 is 0 Å². The summed E-state index contributed by atoms with van der Waals surface area (Å²) in [5.41, 5.74) is 4.23. The Morgan fingerprint density at radius 1 is 1.10 bits per heavy atom. The van der Waals surface area contributed by atoms with Crippen LogP contribution in [0, 0.1) is 17.8 Å². The van der Waals surface area contributed by atoms with E-state index in [0.717, 1.165) is 30.4 Å². The van der Waals surface area contributed by atoms with Crippen molar-refractivity contribution in [2.45, 2.75) is 32.1 Å². The van der Waals surface area contributed by atoms with Crippen molar-refractivity contribution < 1.29 is 9.59 Å². The normalized spacial score (nSPS) is 23.9. The average Bonchev–Trinajstić information content (AvgIpc) is 3.15. The highest BCUT2D eigenvalue weighted by Gasteiger charge is 2.41. The van der Waals surface area contributed by atoms with Crippen molar-refractivity contribution in [3.8, 4) is 11.1 Å². The van der Waals surface area contributed by atoms with Crippen molar-refractivity contribution in [3.63, 3.8) is 0 Å². The molecule has 5 rings (SSSR count). The summed E-state index contributed by atoms with van der Waals surface area (Å²) in [5, 5.41) is 2.44. The number of thiophene rings is 1. The van der Waals surface area contributed by atoms with Gasteiger partial charge in [-0.2, -0.15) is 0 Å². The monoisotopic (exact) mass is 407 g/mol. The molecule has 2 aliphatic rings. The molecular formula is C22H21N3O3S. The van der Waals surface area contributed by atoms with Crippen LogP contribution in [0.1, 0.15) is 32.1 Å². The van der Waals surface area contributed by atoms with Crippen LogP contribution in [-0.4, -0.2) is 21.4 Å². The highest BCUT2D eigenvalue weighted by molar-refractivity contribution is 7.17. The van der Waals surface area contributed by atoms with E-state index in [1.807, 2.05) is 35.7 Å². The molecule has 0 aliphatic heterocycles. The number of fused-ring (bicyclic) bond motifs is 3. The number of aromatic nitrogens is 2. The molecule has 3 aromatic rings. The summed E-state index contributed by atoms with van der Waals surface area (Å²) in [6.07, 6.45) is 5.36. The number of hydrogen-bond acceptors (Lipinski definition) is 5. The Kier molecular flexibility index (Phi) is 4.54. The van der Waals surface area contributed by atoms with E-state index in [0.29, 0.717) is 28.8 Å². The van der Waals surface area contributed by atoms with Crippen LogP contribution in [0.3, 0.4) is 0 Å². The number of benzene rings is 1. The maximum absolute atomic E-state index is 13.1. The third-order valence-electron chi connectivity index (χ3n) is 6.23. The molecule has 7 heteroatoms. The minimum absolute atomic E-state index is 0.00265. The van der Waals surface area contributed by atoms with Gasteiger partial charge in [0.15, 0.2) is 0 Å². The number of rotatable bonds is 3. The molecule has 148 valence electrons. The predicted octanol–water partition coefficient (Wildman–Crippen LogP) is 3.59. The van der Waals surface area contributed by atoms with Crippen molar-refractivity contribution in [1.82, 2.24) is 9.66 Å². The van der Waals surface area contributed by atoms with E-state index in [-0.39, 0.29) is 29.2 Å². The number of Topliss-reactive ketones (excluding diaryl/α,β-unsaturated/α-hetero) is 1. The summed E-state index contributed by atoms with van der Waals surface area (Å²) in [6.45, 7) is 0. The summed E-state index contributed by atoms with van der Waals surface area (Å²) in [4.78, 5) is 43.3. The summed E-state index contributed by atoms with van der Waals surface area (Å²) in [6, 6.07) is 9.69. The topological polar surface area (TPSA) is 81.1 Å². The van der Waals surface area contributed by atoms with Gasteiger partial charge in [0.05, 0.1) is 5.39 Å². The molecule has 29 heavy (non-hydrogen) atoms. The summed E-state index contributed by atoms with van der Waals surface area (Å²) in [5.74, 6) is -0.114. The Balaban J connectivity index is 1.44. The van der Waals surface area contributed by atoms with Crippen molar-refractivity contribution in [2.24, 2.45) is 17.8 Å². The second kappa shape index (κ2) is 7.22. The fourth-order valence-corrected chi connectivity index (χ4v) is 5.65. The Morgan fingerprint density at radius 3 is 2.55 bits per heavy atom. The van der Waals surface area contributed by atoms with Gasteiger partial charge in [0.2, 0.25) is 5.91 Å². The SMILES string of the molecule is O=C(Nn1cnc2scc(-c3ccccc3)c2c1=O)C1C[C@H]2CCC[C@@H](C1)C2=O. The van der Waals surface area contributed by atoms with Gasteiger partial charge in [0.1, 0.15) is 16.9 Å². The molecule has 2 fully saturated rings. The van der Waals surface area contributed by atoms with Crippen LogP contribution in [0.5, 0.6) is 0 Å². The van der Waals surface area contributed by atoms with Gasteiger partial charge in [-0.3, -0.25) is 19.8 Å². The number of hydrogen-bond donors (Lipinski definition) is 1. The molecule has 2 saturated carbocycles. The van der Waals surface area contributed by atoms with Gasteiger partial charge in [0.25, 0.3) is 5.56 Å². The third kappa shape index (κ3) is 3.19. The first kappa shape index (κ1) is 18.2. The molecule has 2 bridgehead atoms. The van der Waals surface area contributed by atoms with Crippen molar-refractivity contribution in [3.05, 3.63) is 52.4 Å². The average molecular weight is 407 g/mol. The highest BCUT2D eigenvalue weighted by Crippen LogP contribution is 2.40. The second-order valence-corrected chi connectivity index (χ2v) is 8.84. The van der Waals surface area contributed by atoms with Gasteiger partial charge in [-0.1, -0.05) is 36.8 Å². The minimum atomic E-state index is -0.282. The zero-order valence-corrected chi connectivity index (χ0v) is 16.7. The van der Waals surface area contributed by atoms with E-state index in [2.05, 4.69) is 10.4 Å². The fourth-order valence-electron chi connectivity index (χ4n) is 4.75. The summed E-state index contributed by atoms with van der Waals surface area (Å²) in [7, 11) is 0. The number of nitrogens with one attached hydrogen (secondary N) is 1. The lowest BCUT2D eigenvalue weighted by molar-refractivity contribution is -0.136. The van der Waals surface area contributed by atoms with Gasteiger partial charge in [0, 0.05) is 28.7 Å². The number of carbonyl (C=O) groups excluding carboxylic acids is 2. The number of ketones is 1. The molecule has 0 radical (unpaired) electrons. The van der Waals surface area contributed by atoms with E-state index in [1.165, 1.54) is 22.3 Å². The van der Waals surface area contributed by atoms with Gasteiger partial charge in [-0.05, 0) is 31.2 Å². The Labute approximate surface area is 171 Å². The third-order valence-corrected chi connectivity index (χ3v) is 7.12. The van der Waals surface area contributed by atoms with Crippen molar-refractivity contribution >= 4 is 33.2 Å². The first-order valence-electron chi connectivity index (χ1n) is 10.0. The Morgan fingerprint density at radius 2 is 1.83 bits per heavy atom. The number of amides is 1. The molecule has 3 atom stereocenters. The quantitative estimate of drug-likeness (QED) is 0.719. The molecule has 2 aromatic heterocycles. The number of carbonyl (C=O) groups is 2. The van der Waals surface area contributed by atoms with Crippen LogP contribution in [0.2, 0.25) is 0 Å². The standard InChI is InChI=1S/C22H21N3O3S/c26-19-14-7-4-8-15(19)10-16(9-14)20(27)24-25-12-23-21-18(22(25)28)17(11-29-21)13-5-2-1-3-6-13/h1-3,5-6,11-12,14-16H,4,7-10H2,(H,24,27)/t14-,15+,16?. The predicted molar refractivity (Wildman–Crippen MR) is 112 cm³/mol. The van der Waals surface area contributed by atoms with Crippen LogP contribution >= 0.6 is 11.3 Å². The first-order valence-corrected chi connectivity index (χ1v) is 10.9. The molecule has 0 spiro atoms. The summed E-state index contributed by atoms with van der Waals surface area (Å²) < 4.78 is 1.19. The fraction of sp³-hybridized carbons (Fsp3) is 0.364. The lowest BCUT2D eigenvalue weighted by Gasteiger charge is -2.36. The smallest absolute Gasteiger partial charge is 0.281 e. The Hall–Kier alpha value is -2.80. The zero-order chi connectivity index (χ0) is 20.0. The highest BCUT2D eigenvalue weighted by atomic mass is 32.1. The van der Waals surface area contributed by atoms with Gasteiger partial charge in [-0.15, -0.1) is 11.3 Å². The second-order valence-electron chi connectivity index (χ2n) is 7.99. The van der Waals surface area contributed by atoms with Crippen molar-refractivity contribution in [2.75, 3.05) is 5.43 Å². The number of nitrogens with zero attached hydrogens (tertiary/aromatic N) is 2. The van der Waals surface area contributed by atoms with Crippen LogP contribution < -0.4 is 11.0 Å². The van der Waals surface area contributed by atoms with E-state index in [1.54, 1.807) is 0 Å². The van der Waals surface area contributed by atoms with Crippen LogP contribution in [0.15, 0.2) is 46.8 Å². The van der Waals surface area contributed by atoms with Crippen LogP contribution in [0.25, 0.3) is 21.3 Å². The maximum Gasteiger partial charge on any atom is 0.281 e. The molecule has 2 aliphatic carbocycles. The van der Waals surface area contributed by atoms with Gasteiger partial charge < -0.3 is 0 Å². The molecule has 6 nitrogen and oxygen atoms in total.